The normalized spacial score (nSPS) is 9.30. The quantitative estimate of drug-likeness (QED) is 0.389. The molecule has 0 spiro atoms. The van der Waals surface area contributed by atoms with Crippen molar-refractivity contribution < 1.29 is 15.1 Å². The number of phenolic OH excluding ortho intramolecular Hbond substituents is 2. The van der Waals surface area contributed by atoms with Crippen LogP contribution in [-0.4, -0.2) is 10.2 Å². The molecule has 1 aromatic rings. The zero-order valence-corrected chi connectivity index (χ0v) is 5.11. The molecule has 54 valence electrons. The van der Waals surface area contributed by atoms with Crippen molar-refractivity contribution in [3.8, 4) is 17.2 Å². The van der Waals surface area contributed by atoms with Gasteiger partial charge in [-0.1, -0.05) is 0 Å². The standard InChI is InChI=1S/C6H7NO3/c7-10-4-1-2-5(8)6(9)3-4/h1-3,8-9H,7H2. The van der Waals surface area contributed by atoms with Crippen molar-refractivity contribution in [1.82, 2.24) is 0 Å². The van der Waals surface area contributed by atoms with E-state index in [-0.39, 0.29) is 11.5 Å². The third-order valence-electron chi connectivity index (χ3n) is 1.08. The highest BCUT2D eigenvalue weighted by atomic mass is 16.6. The number of phenols is 2. The van der Waals surface area contributed by atoms with Crippen LogP contribution < -0.4 is 10.7 Å². The summed E-state index contributed by atoms with van der Waals surface area (Å²) in [4.78, 5) is 4.28. The summed E-state index contributed by atoms with van der Waals surface area (Å²) >= 11 is 0. The Morgan fingerprint density at radius 1 is 1.20 bits per heavy atom. The fraction of sp³-hybridized carbons (Fsp3) is 0. The Kier molecular flexibility index (Phi) is 1.64. The summed E-state index contributed by atoms with van der Waals surface area (Å²) in [6.07, 6.45) is 0. The van der Waals surface area contributed by atoms with E-state index in [1.165, 1.54) is 18.2 Å². The van der Waals surface area contributed by atoms with E-state index in [1.54, 1.807) is 0 Å². The van der Waals surface area contributed by atoms with E-state index < -0.39 is 0 Å². The molecule has 4 nitrogen and oxygen atoms in total. The van der Waals surface area contributed by atoms with Gasteiger partial charge in [0.1, 0.15) is 0 Å². The molecular weight excluding hydrogens is 134 g/mol. The molecule has 1 aromatic carbocycles. The number of aromatic hydroxyl groups is 2. The van der Waals surface area contributed by atoms with E-state index in [4.69, 9.17) is 16.1 Å². The summed E-state index contributed by atoms with van der Waals surface area (Å²) in [7, 11) is 0. The highest BCUT2D eigenvalue weighted by Crippen LogP contribution is 2.27. The molecule has 0 aromatic heterocycles. The van der Waals surface area contributed by atoms with Crippen LogP contribution in [0.1, 0.15) is 0 Å². The zero-order chi connectivity index (χ0) is 7.56. The van der Waals surface area contributed by atoms with Crippen molar-refractivity contribution in [2.24, 2.45) is 5.90 Å². The van der Waals surface area contributed by atoms with E-state index in [1.807, 2.05) is 0 Å². The Bertz CT molecular complexity index is 236. The molecule has 4 N–H and O–H groups in total. The Balaban J connectivity index is 3.04. The average Bonchev–Trinajstić information content (AvgIpc) is 1.95. The number of hydrogen-bond acceptors (Lipinski definition) is 4. The summed E-state index contributed by atoms with van der Waals surface area (Å²) in [6.45, 7) is 0. The van der Waals surface area contributed by atoms with E-state index in [2.05, 4.69) is 4.84 Å². The lowest BCUT2D eigenvalue weighted by atomic mass is 10.3. The van der Waals surface area contributed by atoms with Gasteiger partial charge in [-0.05, 0) is 12.1 Å². The molecule has 0 aliphatic carbocycles. The lowest BCUT2D eigenvalue weighted by Gasteiger charge is -1.99. The summed E-state index contributed by atoms with van der Waals surface area (Å²) in [5.41, 5.74) is 0. The van der Waals surface area contributed by atoms with Crippen LogP contribution in [-0.2, 0) is 0 Å². The Morgan fingerprint density at radius 2 is 1.90 bits per heavy atom. The molecule has 10 heavy (non-hydrogen) atoms. The SMILES string of the molecule is NOc1ccc(O)c(O)c1. The monoisotopic (exact) mass is 141 g/mol. The lowest BCUT2D eigenvalue weighted by molar-refractivity contribution is 0.329. The Morgan fingerprint density at radius 3 is 2.40 bits per heavy atom. The van der Waals surface area contributed by atoms with Crippen molar-refractivity contribution in [2.75, 3.05) is 0 Å². The van der Waals surface area contributed by atoms with Crippen LogP contribution in [0.25, 0.3) is 0 Å². The van der Waals surface area contributed by atoms with Crippen LogP contribution in [0, 0.1) is 0 Å². The second-order valence-electron chi connectivity index (χ2n) is 1.77. The van der Waals surface area contributed by atoms with Gasteiger partial charge < -0.3 is 15.1 Å². The van der Waals surface area contributed by atoms with Crippen LogP contribution in [0.3, 0.4) is 0 Å². The largest absolute Gasteiger partial charge is 0.504 e. The van der Waals surface area contributed by atoms with Crippen molar-refractivity contribution in [3.05, 3.63) is 18.2 Å². The maximum atomic E-state index is 8.85. The van der Waals surface area contributed by atoms with Gasteiger partial charge in [0.15, 0.2) is 17.2 Å². The molecule has 0 aliphatic heterocycles. The van der Waals surface area contributed by atoms with Gasteiger partial charge in [0.2, 0.25) is 0 Å². The van der Waals surface area contributed by atoms with Crippen LogP contribution in [0.5, 0.6) is 17.2 Å². The average molecular weight is 141 g/mol. The second-order valence-corrected chi connectivity index (χ2v) is 1.77. The summed E-state index contributed by atoms with van der Waals surface area (Å²) in [5.74, 6) is 4.64. The first-order chi connectivity index (χ1) is 4.74. The topological polar surface area (TPSA) is 75.7 Å². The van der Waals surface area contributed by atoms with Gasteiger partial charge in [-0.3, -0.25) is 0 Å². The van der Waals surface area contributed by atoms with Crippen LogP contribution >= 0.6 is 0 Å². The molecule has 1 rings (SSSR count). The summed E-state index contributed by atoms with van der Waals surface area (Å²) in [6, 6.07) is 3.95. The number of rotatable bonds is 1. The number of benzene rings is 1. The molecule has 0 unspecified atom stereocenters. The van der Waals surface area contributed by atoms with Crippen molar-refractivity contribution in [3.63, 3.8) is 0 Å². The number of nitrogens with two attached hydrogens (primary N) is 1. The lowest BCUT2D eigenvalue weighted by Crippen LogP contribution is -2.00. The molecule has 0 atom stereocenters. The fourth-order valence-electron chi connectivity index (χ4n) is 0.577. The summed E-state index contributed by atoms with van der Waals surface area (Å²) in [5, 5.41) is 17.6. The molecule has 0 bridgehead atoms. The van der Waals surface area contributed by atoms with E-state index in [0.717, 1.165) is 0 Å². The van der Waals surface area contributed by atoms with E-state index in [0.29, 0.717) is 5.75 Å². The first kappa shape index (κ1) is 6.70. The zero-order valence-electron chi connectivity index (χ0n) is 5.11. The number of hydrogen-bond donors (Lipinski definition) is 3. The Hall–Kier alpha value is -1.42. The van der Waals surface area contributed by atoms with Gasteiger partial charge in [-0.25, -0.2) is 0 Å². The predicted molar refractivity (Wildman–Crippen MR) is 34.6 cm³/mol. The predicted octanol–water partition coefficient (Wildman–Crippen LogP) is 0.350. The van der Waals surface area contributed by atoms with Gasteiger partial charge in [0, 0.05) is 6.07 Å². The minimum Gasteiger partial charge on any atom is -0.504 e. The molecule has 0 aliphatic rings. The molecule has 0 radical (unpaired) electrons. The molecule has 0 amide bonds. The maximum absolute atomic E-state index is 8.85. The Labute approximate surface area is 57.4 Å². The highest BCUT2D eigenvalue weighted by Gasteiger charge is 1.98. The van der Waals surface area contributed by atoms with Crippen molar-refractivity contribution in [2.45, 2.75) is 0 Å². The molecule has 0 saturated heterocycles. The van der Waals surface area contributed by atoms with Crippen LogP contribution in [0.15, 0.2) is 18.2 Å². The van der Waals surface area contributed by atoms with Gasteiger partial charge in [0.05, 0.1) is 0 Å². The van der Waals surface area contributed by atoms with Crippen molar-refractivity contribution >= 4 is 0 Å². The summed E-state index contributed by atoms with van der Waals surface area (Å²) < 4.78 is 0. The van der Waals surface area contributed by atoms with Gasteiger partial charge in [-0.15, -0.1) is 0 Å². The van der Waals surface area contributed by atoms with Gasteiger partial charge >= 0.3 is 0 Å². The maximum Gasteiger partial charge on any atom is 0.161 e. The molecule has 0 fully saturated rings. The third kappa shape index (κ3) is 1.11. The van der Waals surface area contributed by atoms with E-state index >= 15 is 0 Å². The smallest absolute Gasteiger partial charge is 0.161 e. The van der Waals surface area contributed by atoms with Crippen LogP contribution in [0.2, 0.25) is 0 Å². The second kappa shape index (κ2) is 2.45. The first-order valence-electron chi connectivity index (χ1n) is 2.63. The van der Waals surface area contributed by atoms with Gasteiger partial charge in [0.25, 0.3) is 0 Å². The highest BCUT2D eigenvalue weighted by molar-refractivity contribution is 5.43. The molecule has 0 heterocycles. The van der Waals surface area contributed by atoms with Gasteiger partial charge in [-0.2, -0.15) is 5.90 Å². The van der Waals surface area contributed by atoms with Crippen molar-refractivity contribution in [1.29, 1.82) is 0 Å². The molecule has 4 heteroatoms. The third-order valence-corrected chi connectivity index (χ3v) is 1.08. The minimum absolute atomic E-state index is 0.194. The minimum atomic E-state index is -0.247. The fourth-order valence-corrected chi connectivity index (χ4v) is 0.577. The molecular formula is C6H7NO3. The van der Waals surface area contributed by atoms with Crippen LogP contribution in [0.4, 0.5) is 0 Å². The molecule has 0 saturated carbocycles. The van der Waals surface area contributed by atoms with E-state index in [9.17, 15) is 0 Å². The first-order valence-corrected chi connectivity index (χ1v) is 2.63.